The number of benzene rings is 2. The molecule has 0 saturated heterocycles. The quantitative estimate of drug-likeness (QED) is 0.584. The van der Waals surface area contributed by atoms with Gasteiger partial charge in [0.05, 0.1) is 23.2 Å². The number of amidine groups is 1. The Labute approximate surface area is 165 Å². The van der Waals surface area contributed by atoms with Crippen LogP contribution >= 0.6 is 0 Å². The molecule has 0 bridgehead atoms. The number of ether oxygens (including phenoxy) is 1. The van der Waals surface area contributed by atoms with Crippen molar-refractivity contribution < 1.29 is 9.53 Å². The van der Waals surface area contributed by atoms with Gasteiger partial charge in [-0.25, -0.2) is 4.99 Å². The van der Waals surface area contributed by atoms with Crippen molar-refractivity contribution >= 4 is 34.5 Å². The second kappa shape index (κ2) is 7.84. The zero-order valence-corrected chi connectivity index (χ0v) is 17.0. The molecule has 0 fully saturated rings. The van der Waals surface area contributed by atoms with Crippen molar-refractivity contribution in [3.8, 4) is 5.75 Å². The van der Waals surface area contributed by atoms with Crippen LogP contribution in [0.25, 0.3) is 0 Å². The maximum absolute atomic E-state index is 11.6. The molecular formula is C22H26N4O2. The first-order chi connectivity index (χ1) is 13.2. The van der Waals surface area contributed by atoms with Crippen LogP contribution in [0.15, 0.2) is 40.3 Å². The Morgan fingerprint density at radius 1 is 1.25 bits per heavy atom. The summed E-state index contributed by atoms with van der Waals surface area (Å²) in [6, 6.07) is 9.26. The van der Waals surface area contributed by atoms with Crippen LogP contribution in [0.4, 0.5) is 17.1 Å². The molecule has 28 heavy (non-hydrogen) atoms. The van der Waals surface area contributed by atoms with Crippen molar-refractivity contribution in [3.05, 3.63) is 47.0 Å². The van der Waals surface area contributed by atoms with Crippen LogP contribution in [0.2, 0.25) is 0 Å². The van der Waals surface area contributed by atoms with E-state index in [-0.39, 0.29) is 6.10 Å². The molecular weight excluding hydrogens is 352 g/mol. The Morgan fingerprint density at radius 2 is 2.00 bits per heavy atom. The molecule has 0 unspecified atom stereocenters. The van der Waals surface area contributed by atoms with Crippen molar-refractivity contribution in [2.45, 2.75) is 47.1 Å². The Morgan fingerprint density at radius 3 is 2.68 bits per heavy atom. The SMILES string of the molecule is CC1=Nc2c(ccc(C)c2N=C(C)Nc2cc(C(N)=O)ccc2OC(C)C)C1. The second-order valence-electron chi connectivity index (χ2n) is 7.33. The zero-order valence-electron chi connectivity index (χ0n) is 17.0. The van der Waals surface area contributed by atoms with Gasteiger partial charge in [0, 0.05) is 17.7 Å². The lowest BCUT2D eigenvalue weighted by atomic mass is 10.1. The smallest absolute Gasteiger partial charge is 0.248 e. The van der Waals surface area contributed by atoms with Crippen molar-refractivity contribution in [1.82, 2.24) is 0 Å². The number of nitrogens with two attached hydrogens (primary N) is 1. The molecule has 0 saturated carbocycles. The number of amides is 1. The maximum Gasteiger partial charge on any atom is 0.248 e. The molecule has 1 aliphatic heterocycles. The highest BCUT2D eigenvalue weighted by molar-refractivity contribution is 6.01. The highest BCUT2D eigenvalue weighted by Crippen LogP contribution is 2.39. The average molecular weight is 378 g/mol. The van der Waals surface area contributed by atoms with E-state index in [1.165, 1.54) is 5.56 Å². The van der Waals surface area contributed by atoms with E-state index in [2.05, 4.69) is 22.4 Å². The third kappa shape index (κ3) is 4.22. The fraction of sp³-hybridized carbons (Fsp3) is 0.318. The van der Waals surface area contributed by atoms with Crippen molar-refractivity contribution in [2.24, 2.45) is 15.7 Å². The van der Waals surface area contributed by atoms with Crippen molar-refractivity contribution in [3.63, 3.8) is 0 Å². The van der Waals surface area contributed by atoms with Crippen LogP contribution in [0.3, 0.4) is 0 Å². The normalized spacial score (nSPS) is 13.4. The van der Waals surface area contributed by atoms with Crippen LogP contribution in [0, 0.1) is 6.92 Å². The summed E-state index contributed by atoms with van der Waals surface area (Å²) in [5.41, 5.74) is 11.6. The minimum atomic E-state index is -0.490. The van der Waals surface area contributed by atoms with Gasteiger partial charge in [-0.3, -0.25) is 9.79 Å². The number of hydrogen-bond acceptors (Lipinski definition) is 4. The minimum Gasteiger partial charge on any atom is -0.489 e. The molecule has 1 aliphatic rings. The van der Waals surface area contributed by atoms with Gasteiger partial charge in [0.2, 0.25) is 5.91 Å². The molecule has 146 valence electrons. The Bertz CT molecular complexity index is 990. The van der Waals surface area contributed by atoms with Crippen LogP contribution < -0.4 is 15.8 Å². The number of nitrogens with one attached hydrogen (secondary N) is 1. The summed E-state index contributed by atoms with van der Waals surface area (Å²) in [4.78, 5) is 21.0. The molecule has 2 aromatic rings. The first-order valence-electron chi connectivity index (χ1n) is 9.34. The number of aryl methyl sites for hydroxylation is 1. The Kier molecular flexibility index (Phi) is 5.49. The van der Waals surface area contributed by atoms with Crippen LogP contribution in [0.1, 0.15) is 49.2 Å². The van der Waals surface area contributed by atoms with Gasteiger partial charge >= 0.3 is 0 Å². The van der Waals surface area contributed by atoms with Crippen LogP contribution in [-0.2, 0) is 6.42 Å². The van der Waals surface area contributed by atoms with E-state index in [9.17, 15) is 4.79 Å². The average Bonchev–Trinajstić information content (AvgIpc) is 2.99. The van der Waals surface area contributed by atoms with Crippen LogP contribution in [-0.4, -0.2) is 23.6 Å². The highest BCUT2D eigenvalue weighted by Gasteiger charge is 2.17. The fourth-order valence-corrected chi connectivity index (χ4v) is 3.17. The first-order valence-corrected chi connectivity index (χ1v) is 9.34. The highest BCUT2D eigenvalue weighted by atomic mass is 16.5. The largest absolute Gasteiger partial charge is 0.489 e. The van der Waals surface area contributed by atoms with Gasteiger partial charge in [-0.05, 0) is 63.9 Å². The summed E-state index contributed by atoms with van der Waals surface area (Å²) >= 11 is 0. The summed E-state index contributed by atoms with van der Waals surface area (Å²) < 4.78 is 5.85. The summed E-state index contributed by atoms with van der Waals surface area (Å²) in [5.74, 6) is 0.820. The van der Waals surface area contributed by atoms with Crippen molar-refractivity contribution in [1.29, 1.82) is 0 Å². The molecule has 1 amide bonds. The molecule has 0 aromatic heterocycles. The van der Waals surface area contributed by atoms with E-state index in [1.807, 2.05) is 34.6 Å². The molecule has 0 atom stereocenters. The Balaban J connectivity index is 1.97. The van der Waals surface area contributed by atoms with E-state index >= 15 is 0 Å². The van der Waals surface area contributed by atoms with Gasteiger partial charge in [-0.1, -0.05) is 12.1 Å². The number of aliphatic imine (C=N–C) groups is 2. The van der Waals surface area contributed by atoms with Gasteiger partial charge in [-0.2, -0.15) is 0 Å². The molecule has 0 aliphatic carbocycles. The van der Waals surface area contributed by atoms with Crippen molar-refractivity contribution in [2.75, 3.05) is 5.32 Å². The zero-order chi connectivity index (χ0) is 20.4. The molecule has 3 rings (SSSR count). The predicted octanol–water partition coefficient (Wildman–Crippen LogP) is 4.69. The number of carbonyl (C=O) groups is 1. The lowest BCUT2D eigenvalue weighted by molar-refractivity contribution is 0.100. The lowest BCUT2D eigenvalue weighted by Gasteiger charge is -2.16. The second-order valence-corrected chi connectivity index (χ2v) is 7.33. The summed E-state index contributed by atoms with van der Waals surface area (Å²) in [7, 11) is 0. The number of anilines is 1. The minimum absolute atomic E-state index is 0.00540. The Hall–Kier alpha value is -3.15. The van der Waals surface area contributed by atoms with Gasteiger partial charge in [0.1, 0.15) is 11.6 Å². The van der Waals surface area contributed by atoms with E-state index in [0.717, 1.165) is 29.1 Å². The number of hydrogen-bond donors (Lipinski definition) is 2. The number of rotatable bonds is 5. The van der Waals surface area contributed by atoms with E-state index in [1.54, 1.807) is 18.2 Å². The summed E-state index contributed by atoms with van der Waals surface area (Å²) in [6.07, 6.45) is 0.853. The van der Waals surface area contributed by atoms with Gasteiger partial charge in [0.15, 0.2) is 0 Å². The number of nitrogens with zero attached hydrogens (tertiary/aromatic N) is 2. The first kappa shape index (κ1) is 19.6. The van der Waals surface area contributed by atoms with E-state index in [0.29, 0.717) is 22.8 Å². The molecule has 6 heteroatoms. The number of primary amides is 1. The molecule has 0 radical (unpaired) electrons. The van der Waals surface area contributed by atoms with E-state index < -0.39 is 5.91 Å². The topological polar surface area (TPSA) is 89.1 Å². The van der Waals surface area contributed by atoms with Gasteiger partial charge in [0.25, 0.3) is 0 Å². The number of fused-ring (bicyclic) bond motifs is 1. The summed E-state index contributed by atoms with van der Waals surface area (Å²) in [6.45, 7) is 9.82. The molecule has 6 nitrogen and oxygen atoms in total. The predicted molar refractivity (Wildman–Crippen MR) is 115 cm³/mol. The molecule has 3 N–H and O–H groups in total. The standard InChI is InChI=1S/C22H26N4O2/c1-12(2)28-19-9-8-17(22(23)27)11-18(19)25-15(5)26-20-13(3)6-7-16-10-14(4)24-21(16)20/h6-9,11-12H,10H2,1-5H3,(H2,23,27)(H,25,26). The molecule has 2 aromatic carbocycles. The molecule has 0 spiro atoms. The molecule has 1 heterocycles. The van der Waals surface area contributed by atoms with Gasteiger partial charge in [-0.15, -0.1) is 0 Å². The monoisotopic (exact) mass is 378 g/mol. The van der Waals surface area contributed by atoms with E-state index in [4.69, 9.17) is 15.5 Å². The van der Waals surface area contributed by atoms with Crippen LogP contribution in [0.5, 0.6) is 5.75 Å². The number of carbonyl (C=O) groups excluding carboxylic acids is 1. The summed E-state index contributed by atoms with van der Waals surface area (Å²) in [5, 5.41) is 3.26. The maximum atomic E-state index is 11.6. The lowest BCUT2D eigenvalue weighted by Crippen LogP contribution is -2.15. The third-order valence-corrected chi connectivity index (χ3v) is 4.41. The van der Waals surface area contributed by atoms with Gasteiger partial charge < -0.3 is 15.8 Å². The third-order valence-electron chi connectivity index (χ3n) is 4.41. The fourth-order valence-electron chi connectivity index (χ4n) is 3.17.